The molecule has 1 saturated heterocycles. The summed E-state index contributed by atoms with van der Waals surface area (Å²) in [6.45, 7) is 1.02. The van der Waals surface area contributed by atoms with Crippen LogP contribution in [0.25, 0.3) is 22.4 Å². The Morgan fingerprint density at radius 1 is 1.14 bits per heavy atom. The van der Waals surface area contributed by atoms with Crippen LogP contribution in [0.5, 0.6) is 0 Å². The molecule has 0 saturated carbocycles. The number of amides is 1. The third kappa shape index (κ3) is 3.12. The van der Waals surface area contributed by atoms with Crippen molar-refractivity contribution in [3.05, 3.63) is 71.1 Å². The van der Waals surface area contributed by atoms with Crippen LogP contribution in [0.4, 0.5) is 0 Å². The van der Waals surface area contributed by atoms with E-state index in [9.17, 15) is 9.59 Å². The van der Waals surface area contributed by atoms with Gasteiger partial charge in [-0.15, -0.1) is 0 Å². The first-order valence-corrected chi connectivity index (χ1v) is 9.46. The van der Waals surface area contributed by atoms with Crippen LogP contribution < -0.4 is 5.56 Å². The second kappa shape index (κ2) is 7.05. The van der Waals surface area contributed by atoms with Gasteiger partial charge in [0, 0.05) is 19.2 Å². The number of rotatable bonds is 3. The summed E-state index contributed by atoms with van der Waals surface area (Å²) in [4.78, 5) is 31.9. The van der Waals surface area contributed by atoms with Gasteiger partial charge in [-0.05, 0) is 37.1 Å². The molecule has 1 aromatic carbocycles. The number of carbonyl (C=O) groups excluding carboxylic acids is 1. The van der Waals surface area contributed by atoms with Gasteiger partial charge in [0.2, 0.25) is 5.76 Å². The summed E-state index contributed by atoms with van der Waals surface area (Å²) in [7, 11) is 0. The van der Waals surface area contributed by atoms with E-state index in [1.165, 1.54) is 6.26 Å². The Hall–Kier alpha value is -3.68. The summed E-state index contributed by atoms with van der Waals surface area (Å²) in [5.74, 6) is 0.696. The maximum atomic E-state index is 12.9. The fraction of sp³-hybridized carbons (Fsp3) is 0.238. The van der Waals surface area contributed by atoms with E-state index in [0.717, 1.165) is 12.8 Å². The van der Waals surface area contributed by atoms with E-state index in [-0.39, 0.29) is 23.2 Å². The Labute approximate surface area is 165 Å². The van der Waals surface area contributed by atoms with E-state index in [1.807, 2.05) is 18.2 Å². The molecule has 0 unspecified atom stereocenters. The van der Waals surface area contributed by atoms with Gasteiger partial charge in [-0.1, -0.05) is 17.3 Å². The molecule has 0 bridgehead atoms. The second-order valence-electron chi connectivity index (χ2n) is 7.08. The normalized spacial score (nSPS) is 17.0. The van der Waals surface area contributed by atoms with Crippen LogP contribution in [0.3, 0.4) is 0 Å². The first-order chi connectivity index (χ1) is 14.2. The molecular weight excluding hydrogens is 372 g/mol. The summed E-state index contributed by atoms with van der Waals surface area (Å²) >= 11 is 0. The molecule has 4 heterocycles. The Kier molecular flexibility index (Phi) is 4.23. The zero-order valence-corrected chi connectivity index (χ0v) is 15.5. The van der Waals surface area contributed by atoms with E-state index < -0.39 is 0 Å². The molecule has 5 rings (SSSR count). The molecule has 8 heteroatoms. The summed E-state index contributed by atoms with van der Waals surface area (Å²) in [5.41, 5.74) is 0.808. The summed E-state index contributed by atoms with van der Waals surface area (Å²) in [5, 5.41) is 4.48. The maximum Gasteiger partial charge on any atom is 0.276 e. The van der Waals surface area contributed by atoms with E-state index >= 15 is 0 Å². The van der Waals surface area contributed by atoms with Crippen LogP contribution in [-0.2, 0) is 0 Å². The number of nitrogens with zero attached hydrogens (tertiary/aromatic N) is 4. The van der Waals surface area contributed by atoms with Gasteiger partial charge in [0.1, 0.15) is 0 Å². The predicted octanol–water partition coefficient (Wildman–Crippen LogP) is 3.12. The SMILES string of the molecule is O=C(c1cc(-c2ccco2)on1)N1CCC[C@H](n2cnc3ccccc3c2=O)C1. The standard InChI is InChI=1S/C21H18N4O4/c26-20-15-6-1-2-7-16(15)22-13-25(20)14-5-3-9-24(12-14)21(27)17-11-19(29-23-17)18-8-4-10-28-18/h1-2,4,6-8,10-11,13-14H,3,5,9,12H2/t14-/m0/s1. The highest BCUT2D eigenvalue weighted by atomic mass is 16.5. The molecule has 0 spiro atoms. The Morgan fingerprint density at radius 3 is 2.90 bits per heavy atom. The quantitative estimate of drug-likeness (QED) is 0.533. The van der Waals surface area contributed by atoms with Crippen LogP contribution in [0.1, 0.15) is 29.4 Å². The summed E-state index contributed by atoms with van der Waals surface area (Å²) in [6, 6.07) is 12.2. The highest BCUT2D eigenvalue weighted by Crippen LogP contribution is 2.24. The lowest BCUT2D eigenvalue weighted by molar-refractivity contribution is 0.0667. The third-order valence-corrected chi connectivity index (χ3v) is 5.26. The maximum absolute atomic E-state index is 12.9. The number of aromatic nitrogens is 3. The summed E-state index contributed by atoms with van der Waals surface area (Å²) < 4.78 is 12.2. The van der Waals surface area contributed by atoms with Gasteiger partial charge in [0.15, 0.2) is 11.5 Å². The van der Waals surface area contributed by atoms with Crippen LogP contribution >= 0.6 is 0 Å². The van der Waals surface area contributed by atoms with E-state index in [2.05, 4.69) is 10.1 Å². The summed E-state index contributed by atoms with van der Waals surface area (Å²) in [6.07, 6.45) is 4.71. The zero-order valence-electron chi connectivity index (χ0n) is 15.5. The topological polar surface area (TPSA) is 94.4 Å². The number of piperidine rings is 1. The van der Waals surface area contributed by atoms with E-state index in [4.69, 9.17) is 8.94 Å². The largest absolute Gasteiger partial charge is 0.461 e. The highest BCUT2D eigenvalue weighted by molar-refractivity contribution is 5.93. The van der Waals surface area contributed by atoms with Crippen molar-refractivity contribution in [2.75, 3.05) is 13.1 Å². The average molecular weight is 390 g/mol. The van der Waals surface area contributed by atoms with Gasteiger partial charge >= 0.3 is 0 Å². The predicted molar refractivity (Wildman–Crippen MR) is 104 cm³/mol. The molecule has 3 aromatic heterocycles. The van der Waals surface area contributed by atoms with Gasteiger partial charge in [-0.2, -0.15) is 0 Å². The minimum absolute atomic E-state index is 0.0866. The van der Waals surface area contributed by atoms with Crippen LogP contribution in [0.2, 0.25) is 0 Å². The first kappa shape index (κ1) is 17.4. The lowest BCUT2D eigenvalue weighted by Crippen LogP contribution is -2.43. The van der Waals surface area contributed by atoms with Crippen molar-refractivity contribution in [2.45, 2.75) is 18.9 Å². The molecule has 1 amide bonds. The number of likely N-dealkylation sites (tertiary alicyclic amines) is 1. The van der Waals surface area contributed by atoms with Crippen LogP contribution in [0, 0.1) is 0 Å². The average Bonchev–Trinajstić information content (AvgIpc) is 3.46. The molecule has 146 valence electrons. The van der Waals surface area contributed by atoms with E-state index in [0.29, 0.717) is 35.5 Å². The Balaban J connectivity index is 1.39. The monoisotopic (exact) mass is 390 g/mol. The zero-order chi connectivity index (χ0) is 19.8. The van der Waals surface area contributed by atoms with Crippen molar-refractivity contribution in [2.24, 2.45) is 0 Å². The molecular formula is C21H18N4O4. The van der Waals surface area contributed by atoms with Gasteiger partial charge in [-0.3, -0.25) is 14.2 Å². The van der Waals surface area contributed by atoms with Crippen molar-refractivity contribution in [1.29, 1.82) is 0 Å². The van der Waals surface area contributed by atoms with Crippen LogP contribution in [0.15, 0.2) is 68.8 Å². The highest BCUT2D eigenvalue weighted by Gasteiger charge is 2.28. The van der Waals surface area contributed by atoms with Gasteiger partial charge in [0.25, 0.3) is 11.5 Å². The van der Waals surface area contributed by atoms with Crippen molar-refractivity contribution < 1.29 is 13.7 Å². The number of benzene rings is 1. The lowest BCUT2D eigenvalue weighted by Gasteiger charge is -2.33. The molecule has 4 aromatic rings. The molecule has 1 aliphatic heterocycles. The van der Waals surface area contributed by atoms with Crippen molar-refractivity contribution in [3.63, 3.8) is 0 Å². The van der Waals surface area contributed by atoms with Crippen molar-refractivity contribution in [3.8, 4) is 11.5 Å². The van der Waals surface area contributed by atoms with Gasteiger partial charge < -0.3 is 13.8 Å². The lowest BCUT2D eigenvalue weighted by atomic mass is 10.0. The smallest absolute Gasteiger partial charge is 0.276 e. The van der Waals surface area contributed by atoms with Gasteiger partial charge in [0.05, 0.1) is 29.5 Å². The number of hydrogen-bond donors (Lipinski definition) is 0. The molecule has 0 aliphatic carbocycles. The fourth-order valence-corrected chi connectivity index (χ4v) is 3.78. The second-order valence-corrected chi connectivity index (χ2v) is 7.08. The van der Waals surface area contributed by atoms with Crippen molar-refractivity contribution >= 4 is 16.8 Å². The number of fused-ring (bicyclic) bond motifs is 1. The minimum Gasteiger partial charge on any atom is -0.461 e. The third-order valence-electron chi connectivity index (χ3n) is 5.26. The number of para-hydroxylation sites is 1. The molecule has 1 fully saturated rings. The Bertz CT molecular complexity index is 1220. The Morgan fingerprint density at radius 2 is 2.03 bits per heavy atom. The minimum atomic E-state index is -0.224. The molecule has 1 aliphatic rings. The fourth-order valence-electron chi connectivity index (χ4n) is 3.78. The number of hydrogen-bond acceptors (Lipinski definition) is 6. The van der Waals surface area contributed by atoms with E-state index in [1.54, 1.807) is 40.1 Å². The molecule has 0 N–H and O–H groups in total. The molecule has 29 heavy (non-hydrogen) atoms. The molecule has 0 radical (unpaired) electrons. The molecule has 1 atom stereocenters. The number of carbonyl (C=O) groups is 1. The molecule has 8 nitrogen and oxygen atoms in total. The van der Waals surface area contributed by atoms with Crippen LogP contribution in [-0.4, -0.2) is 38.6 Å². The van der Waals surface area contributed by atoms with Crippen molar-refractivity contribution in [1.82, 2.24) is 19.6 Å². The first-order valence-electron chi connectivity index (χ1n) is 9.46. The number of furan rings is 1. The van der Waals surface area contributed by atoms with Gasteiger partial charge in [-0.25, -0.2) is 4.98 Å².